The van der Waals surface area contributed by atoms with Gasteiger partial charge < -0.3 is 10.2 Å². The lowest BCUT2D eigenvalue weighted by atomic mass is 10.0. The van der Waals surface area contributed by atoms with Gasteiger partial charge in [0.05, 0.1) is 5.69 Å². The number of carbonyl (C=O) groups excluding carboxylic acids is 2. The summed E-state index contributed by atoms with van der Waals surface area (Å²) in [4.78, 5) is 38.3. The van der Waals surface area contributed by atoms with Gasteiger partial charge in [-0.25, -0.2) is 4.68 Å². The number of nitrogens with zero attached hydrogens (tertiary/aromatic N) is 3. The molecule has 0 unspecified atom stereocenters. The molecule has 2 aromatic rings. The number of carbonyl (C=O) groups is 2. The fourth-order valence-electron chi connectivity index (χ4n) is 3.04. The van der Waals surface area contributed by atoms with E-state index < -0.39 is 11.5 Å². The summed E-state index contributed by atoms with van der Waals surface area (Å²) >= 11 is 0. The van der Waals surface area contributed by atoms with E-state index in [9.17, 15) is 14.4 Å². The number of amides is 2. The van der Waals surface area contributed by atoms with E-state index in [4.69, 9.17) is 0 Å². The lowest BCUT2D eigenvalue weighted by Crippen LogP contribution is -2.32. The van der Waals surface area contributed by atoms with Gasteiger partial charge in [-0.2, -0.15) is 5.10 Å². The third kappa shape index (κ3) is 2.93. The van der Waals surface area contributed by atoms with Gasteiger partial charge in [0.25, 0.3) is 11.5 Å². The van der Waals surface area contributed by atoms with Gasteiger partial charge in [-0.15, -0.1) is 0 Å². The molecule has 0 bridgehead atoms. The Morgan fingerprint density at radius 3 is 2.60 bits per heavy atom. The van der Waals surface area contributed by atoms with Gasteiger partial charge in [-0.3, -0.25) is 14.4 Å². The maximum Gasteiger partial charge on any atom is 0.279 e. The quantitative estimate of drug-likeness (QED) is 0.899. The fraction of sp³-hybridized carbons (Fsp3) is 0.333. The van der Waals surface area contributed by atoms with Crippen molar-refractivity contribution < 1.29 is 9.59 Å². The average Bonchev–Trinajstić information content (AvgIpc) is 2.57. The van der Waals surface area contributed by atoms with Gasteiger partial charge in [-0.05, 0) is 49.6 Å². The van der Waals surface area contributed by atoms with Crippen LogP contribution in [0, 0.1) is 13.8 Å². The molecule has 2 amide bonds. The number of hydrogen-bond donors (Lipinski definition) is 1. The average molecular weight is 340 g/mol. The first-order valence-electron chi connectivity index (χ1n) is 8.05. The molecule has 0 saturated heterocycles. The lowest BCUT2D eigenvalue weighted by Gasteiger charge is -2.26. The second-order valence-corrected chi connectivity index (χ2v) is 6.26. The number of hydrogen-bond acceptors (Lipinski definition) is 4. The Bertz CT molecular complexity index is 946. The lowest BCUT2D eigenvalue weighted by molar-refractivity contribution is -0.118. The highest BCUT2D eigenvalue weighted by molar-refractivity contribution is 6.05. The molecule has 25 heavy (non-hydrogen) atoms. The van der Waals surface area contributed by atoms with Crippen LogP contribution in [0.4, 0.5) is 11.4 Å². The molecule has 2 heterocycles. The molecule has 0 saturated carbocycles. The summed E-state index contributed by atoms with van der Waals surface area (Å²) < 4.78 is 1.17. The van der Waals surface area contributed by atoms with Crippen molar-refractivity contribution in [3.63, 3.8) is 0 Å². The third-order valence-corrected chi connectivity index (χ3v) is 4.63. The molecule has 130 valence electrons. The summed E-state index contributed by atoms with van der Waals surface area (Å²) in [5.74, 6) is -0.376. The van der Waals surface area contributed by atoms with E-state index in [1.807, 2.05) is 12.1 Å². The van der Waals surface area contributed by atoms with Crippen LogP contribution in [0.5, 0.6) is 0 Å². The van der Waals surface area contributed by atoms with Gasteiger partial charge in [0.1, 0.15) is 5.56 Å². The van der Waals surface area contributed by atoms with Crippen molar-refractivity contribution in [3.8, 4) is 0 Å². The van der Waals surface area contributed by atoms with Crippen molar-refractivity contribution in [1.82, 2.24) is 9.78 Å². The molecular weight excluding hydrogens is 320 g/mol. The predicted molar refractivity (Wildman–Crippen MR) is 95.1 cm³/mol. The monoisotopic (exact) mass is 340 g/mol. The van der Waals surface area contributed by atoms with Crippen molar-refractivity contribution in [1.29, 1.82) is 0 Å². The minimum absolute atomic E-state index is 0.0793. The zero-order chi connectivity index (χ0) is 18.3. The standard InChI is InChI=1S/C18H20N4O3/c1-10-11(2)20-22(4)18(25)16(10)17(24)19-13-6-7-14-12(9-13)5-8-15(23)21(14)3/h6-7,9H,5,8H2,1-4H3,(H,19,24). The molecule has 1 aromatic heterocycles. The van der Waals surface area contributed by atoms with Crippen LogP contribution in [0.25, 0.3) is 0 Å². The molecule has 1 N–H and O–H groups in total. The van der Waals surface area contributed by atoms with Gasteiger partial charge in [0.15, 0.2) is 0 Å². The molecule has 0 spiro atoms. The van der Waals surface area contributed by atoms with Crippen molar-refractivity contribution in [2.75, 3.05) is 17.3 Å². The van der Waals surface area contributed by atoms with Gasteiger partial charge in [0, 0.05) is 31.9 Å². The van der Waals surface area contributed by atoms with E-state index in [1.165, 1.54) is 11.7 Å². The molecule has 1 aromatic carbocycles. The maximum absolute atomic E-state index is 12.6. The van der Waals surface area contributed by atoms with Crippen molar-refractivity contribution in [3.05, 3.63) is 50.9 Å². The number of nitrogens with one attached hydrogen (secondary N) is 1. The zero-order valence-electron chi connectivity index (χ0n) is 14.7. The summed E-state index contributed by atoms with van der Waals surface area (Å²) in [7, 11) is 3.27. The van der Waals surface area contributed by atoms with E-state index in [1.54, 1.807) is 31.9 Å². The third-order valence-electron chi connectivity index (χ3n) is 4.63. The zero-order valence-corrected chi connectivity index (χ0v) is 14.7. The topological polar surface area (TPSA) is 84.3 Å². The minimum atomic E-state index is -0.455. The second kappa shape index (κ2) is 6.16. The summed E-state index contributed by atoms with van der Waals surface area (Å²) in [5.41, 5.74) is 3.32. The number of aromatic nitrogens is 2. The highest BCUT2D eigenvalue weighted by atomic mass is 16.2. The van der Waals surface area contributed by atoms with E-state index in [0.717, 1.165) is 11.3 Å². The molecule has 3 rings (SSSR count). The van der Waals surface area contributed by atoms with Crippen molar-refractivity contribution >= 4 is 23.2 Å². The molecule has 7 heteroatoms. The SMILES string of the molecule is Cc1nn(C)c(=O)c(C(=O)Nc2ccc3c(c2)CCC(=O)N3C)c1C. The van der Waals surface area contributed by atoms with Crippen LogP contribution in [0.15, 0.2) is 23.0 Å². The van der Waals surface area contributed by atoms with Gasteiger partial charge in [0.2, 0.25) is 5.91 Å². The largest absolute Gasteiger partial charge is 0.322 e. The Kier molecular flexibility index (Phi) is 4.16. The first-order valence-corrected chi connectivity index (χ1v) is 8.05. The number of aryl methyl sites for hydroxylation is 3. The molecule has 1 aliphatic heterocycles. The Labute approximate surface area is 145 Å². The van der Waals surface area contributed by atoms with Gasteiger partial charge in [-0.1, -0.05) is 0 Å². The van der Waals surface area contributed by atoms with Crippen molar-refractivity contribution in [2.24, 2.45) is 7.05 Å². The number of anilines is 2. The first-order chi connectivity index (χ1) is 11.8. The van der Waals surface area contributed by atoms with E-state index in [-0.39, 0.29) is 11.5 Å². The summed E-state index contributed by atoms with van der Waals surface area (Å²) in [5, 5.41) is 6.87. The van der Waals surface area contributed by atoms with Crippen LogP contribution >= 0.6 is 0 Å². The Balaban J connectivity index is 1.93. The molecule has 0 aliphatic carbocycles. The highest BCUT2D eigenvalue weighted by Gasteiger charge is 2.22. The smallest absolute Gasteiger partial charge is 0.279 e. The minimum Gasteiger partial charge on any atom is -0.322 e. The molecule has 1 aliphatic rings. The summed E-state index contributed by atoms with van der Waals surface area (Å²) in [6, 6.07) is 5.40. The summed E-state index contributed by atoms with van der Waals surface area (Å²) in [6.45, 7) is 3.48. The Morgan fingerprint density at radius 2 is 1.88 bits per heavy atom. The molecule has 7 nitrogen and oxygen atoms in total. The van der Waals surface area contributed by atoms with Crippen LogP contribution in [0.1, 0.15) is 33.6 Å². The van der Waals surface area contributed by atoms with Gasteiger partial charge >= 0.3 is 0 Å². The molecule has 0 radical (unpaired) electrons. The second-order valence-electron chi connectivity index (χ2n) is 6.26. The Morgan fingerprint density at radius 1 is 1.16 bits per heavy atom. The number of benzene rings is 1. The summed E-state index contributed by atoms with van der Waals surface area (Å²) in [6.07, 6.45) is 1.08. The molecular formula is C18H20N4O3. The maximum atomic E-state index is 12.6. The van der Waals surface area contributed by atoms with Crippen LogP contribution in [-0.2, 0) is 18.3 Å². The Hall–Kier alpha value is -2.96. The van der Waals surface area contributed by atoms with E-state index in [0.29, 0.717) is 29.8 Å². The number of fused-ring (bicyclic) bond motifs is 1. The van der Waals surface area contributed by atoms with Crippen molar-refractivity contribution in [2.45, 2.75) is 26.7 Å². The van der Waals surface area contributed by atoms with E-state index in [2.05, 4.69) is 10.4 Å². The normalized spacial score (nSPS) is 13.6. The van der Waals surface area contributed by atoms with Crippen LogP contribution in [0.3, 0.4) is 0 Å². The van der Waals surface area contributed by atoms with E-state index >= 15 is 0 Å². The molecule has 0 atom stereocenters. The number of rotatable bonds is 2. The first kappa shape index (κ1) is 16.9. The van der Waals surface area contributed by atoms with Crippen LogP contribution in [-0.4, -0.2) is 28.6 Å². The molecule has 0 fully saturated rings. The highest BCUT2D eigenvalue weighted by Crippen LogP contribution is 2.29. The van der Waals surface area contributed by atoms with Crippen LogP contribution in [0.2, 0.25) is 0 Å². The predicted octanol–water partition coefficient (Wildman–Crippen LogP) is 1.56. The van der Waals surface area contributed by atoms with Crippen LogP contribution < -0.4 is 15.8 Å². The fourth-order valence-corrected chi connectivity index (χ4v) is 3.04.